The van der Waals surface area contributed by atoms with E-state index in [4.69, 9.17) is 16.3 Å². The van der Waals surface area contributed by atoms with Gasteiger partial charge in [0.05, 0.1) is 19.3 Å². The van der Waals surface area contributed by atoms with Gasteiger partial charge in [-0.1, -0.05) is 60.1 Å². The fraction of sp³-hybridized carbons (Fsp3) is 0.174. The second kappa shape index (κ2) is 9.81. The first-order valence-corrected chi connectivity index (χ1v) is 9.52. The quantitative estimate of drug-likeness (QED) is 0.557. The second-order valence-corrected chi connectivity index (χ2v) is 6.76. The summed E-state index contributed by atoms with van der Waals surface area (Å²) >= 11 is 6.07. The van der Waals surface area contributed by atoms with Crippen molar-refractivity contribution in [3.05, 3.63) is 89.4 Å². The molecule has 5 heteroatoms. The Morgan fingerprint density at radius 1 is 1.00 bits per heavy atom. The molecule has 1 amide bonds. The minimum atomic E-state index is 0.0450. The highest BCUT2D eigenvalue weighted by Gasteiger charge is 2.16. The molecule has 0 spiro atoms. The van der Waals surface area contributed by atoms with Crippen LogP contribution in [0.2, 0.25) is 5.02 Å². The van der Waals surface area contributed by atoms with Crippen molar-refractivity contribution in [1.29, 1.82) is 0 Å². The minimum Gasteiger partial charge on any atom is -0.495 e. The lowest BCUT2D eigenvalue weighted by molar-refractivity contribution is -0.118. The van der Waals surface area contributed by atoms with Crippen LogP contribution in [0, 0.1) is 0 Å². The van der Waals surface area contributed by atoms with Crippen LogP contribution in [0.3, 0.4) is 0 Å². The first-order valence-electron chi connectivity index (χ1n) is 9.14. The molecule has 28 heavy (non-hydrogen) atoms. The number of nitrogens with zero attached hydrogens (tertiary/aromatic N) is 1. The molecule has 0 fully saturated rings. The number of nitrogens with one attached hydrogen (secondary N) is 1. The number of para-hydroxylation sites is 1. The summed E-state index contributed by atoms with van der Waals surface area (Å²) in [4.78, 5) is 14.8. The fourth-order valence-electron chi connectivity index (χ4n) is 2.95. The van der Waals surface area contributed by atoms with Gasteiger partial charge in [0.15, 0.2) is 0 Å². The van der Waals surface area contributed by atoms with Gasteiger partial charge >= 0.3 is 0 Å². The van der Waals surface area contributed by atoms with Crippen LogP contribution >= 0.6 is 11.6 Å². The summed E-state index contributed by atoms with van der Waals surface area (Å²) in [5, 5.41) is 3.86. The summed E-state index contributed by atoms with van der Waals surface area (Å²) in [6.45, 7) is 1.01. The standard InChI is InChI=1S/C23H23ClN2O2/c1-28-22-13-12-19(24)16-21(22)25-15-14-23(27)26(20-10-6-3-7-11-20)17-18-8-4-2-5-9-18/h2-13,16,25H,14-15,17H2,1H3. The van der Waals surface area contributed by atoms with Crippen molar-refractivity contribution in [2.24, 2.45) is 0 Å². The number of methoxy groups -OCH3 is 1. The molecule has 0 unspecified atom stereocenters. The van der Waals surface area contributed by atoms with Gasteiger partial charge in [-0.15, -0.1) is 0 Å². The molecule has 0 atom stereocenters. The van der Waals surface area contributed by atoms with Gasteiger partial charge in [-0.2, -0.15) is 0 Å². The smallest absolute Gasteiger partial charge is 0.229 e. The van der Waals surface area contributed by atoms with Crippen molar-refractivity contribution in [2.45, 2.75) is 13.0 Å². The number of hydrogen-bond donors (Lipinski definition) is 1. The number of ether oxygens (including phenoxy) is 1. The van der Waals surface area contributed by atoms with E-state index in [0.29, 0.717) is 30.3 Å². The number of anilines is 2. The van der Waals surface area contributed by atoms with Crippen LogP contribution < -0.4 is 15.0 Å². The van der Waals surface area contributed by atoms with Crippen molar-refractivity contribution in [3.63, 3.8) is 0 Å². The van der Waals surface area contributed by atoms with E-state index < -0.39 is 0 Å². The van der Waals surface area contributed by atoms with E-state index in [1.807, 2.05) is 65.6 Å². The molecule has 3 rings (SSSR count). The molecular weight excluding hydrogens is 372 g/mol. The zero-order chi connectivity index (χ0) is 19.8. The Labute approximate surface area is 170 Å². The normalized spacial score (nSPS) is 10.4. The molecule has 0 aliphatic carbocycles. The molecule has 4 nitrogen and oxygen atoms in total. The van der Waals surface area contributed by atoms with E-state index in [0.717, 1.165) is 16.9 Å². The Bertz CT molecular complexity index is 901. The number of amides is 1. The number of hydrogen-bond acceptors (Lipinski definition) is 3. The van der Waals surface area contributed by atoms with Crippen LogP contribution in [0.1, 0.15) is 12.0 Å². The Balaban J connectivity index is 1.69. The largest absolute Gasteiger partial charge is 0.495 e. The van der Waals surface area contributed by atoms with Crippen LogP contribution in [-0.4, -0.2) is 19.6 Å². The Morgan fingerprint density at radius 2 is 1.68 bits per heavy atom. The number of carbonyl (C=O) groups is 1. The van der Waals surface area contributed by atoms with E-state index in [1.165, 1.54) is 0 Å². The van der Waals surface area contributed by atoms with E-state index in [1.54, 1.807) is 25.3 Å². The highest BCUT2D eigenvalue weighted by Crippen LogP contribution is 2.27. The van der Waals surface area contributed by atoms with E-state index in [-0.39, 0.29) is 5.91 Å². The maximum Gasteiger partial charge on any atom is 0.229 e. The van der Waals surface area contributed by atoms with Crippen LogP contribution in [-0.2, 0) is 11.3 Å². The van der Waals surface area contributed by atoms with Crippen LogP contribution in [0.15, 0.2) is 78.9 Å². The van der Waals surface area contributed by atoms with Crippen LogP contribution in [0.25, 0.3) is 0 Å². The lowest BCUT2D eigenvalue weighted by Gasteiger charge is -2.23. The highest BCUT2D eigenvalue weighted by molar-refractivity contribution is 6.30. The van der Waals surface area contributed by atoms with Gasteiger partial charge in [-0.3, -0.25) is 4.79 Å². The van der Waals surface area contributed by atoms with Crippen molar-refractivity contribution in [2.75, 3.05) is 23.9 Å². The lowest BCUT2D eigenvalue weighted by atomic mass is 10.2. The first-order chi connectivity index (χ1) is 13.7. The molecule has 3 aromatic carbocycles. The highest BCUT2D eigenvalue weighted by atomic mass is 35.5. The minimum absolute atomic E-state index is 0.0450. The number of rotatable bonds is 8. The average molecular weight is 395 g/mol. The third-order valence-corrected chi connectivity index (χ3v) is 4.60. The number of benzene rings is 3. The molecule has 0 saturated carbocycles. The van der Waals surface area contributed by atoms with Crippen LogP contribution in [0.4, 0.5) is 11.4 Å². The van der Waals surface area contributed by atoms with Gasteiger partial charge in [0.1, 0.15) is 5.75 Å². The molecule has 0 heterocycles. The first kappa shape index (κ1) is 19.8. The van der Waals surface area contributed by atoms with E-state index in [9.17, 15) is 4.79 Å². The summed E-state index contributed by atoms with van der Waals surface area (Å²) in [7, 11) is 1.61. The summed E-state index contributed by atoms with van der Waals surface area (Å²) < 4.78 is 5.34. The second-order valence-electron chi connectivity index (χ2n) is 6.32. The van der Waals surface area contributed by atoms with E-state index in [2.05, 4.69) is 5.32 Å². The van der Waals surface area contributed by atoms with Gasteiger partial charge in [0.25, 0.3) is 0 Å². The van der Waals surface area contributed by atoms with Gasteiger partial charge in [-0.25, -0.2) is 0 Å². The summed E-state index contributed by atoms with van der Waals surface area (Å²) in [5.74, 6) is 0.740. The molecule has 3 aromatic rings. The maximum absolute atomic E-state index is 13.0. The molecule has 0 bridgehead atoms. The third kappa shape index (κ3) is 5.27. The number of carbonyl (C=O) groups excluding carboxylic acids is 1. The zero-order valence-corrected chi connectivity index (χ0v) is 16.5. The monoisotopic (exact) mass is 394 g/mol. The molecule has 0 aliphatic heterocycles. The summed E-state index contributed by atoms with van der Waals surface area (Å²) in [6.07, 6.45) is 0.345. The fourth-order valence-corrected chi connectivity index (χ4v) is 3.13. The van der Waals surface area contributed by atoms with Crippen molar-refractivity contribution >= 4 is 28.9 Å². The third-order valence-electron chi connectivity index (χ3n) is 4.37. The van der Waals surface area contributed by atoms with Crippen molar-refractivity contribution < 1.29 is 9.53 Å². The maximum atomic E-state index is 13.0. The predicted octanol–water partition coefficient (Wildman–Crippen LogP) is 5.38. The molecule has 144 valence electrons. The van der Waals surface area contributed by atoms with Crippen molar-refractivity contribution in [3.8, 4) is 5.75 Å². The molecule has 0 aromatic heterocycles. The Morgan fingerprint density at radius 3 is 2.36 bits per heavy atom. The molecule has 0 saturated heterocycles. The summed E-state index contributed by atoms with van der Waals surface area (Å²) in [5.41, 5.74) is 2.75. The lowest BCUT2D eigenvalue weighted by Crippen LogP contribution is -2.31. The van der Waals surface area contributed by atoms with Gasteiger partial charge < -0.3 is 15.0 Å². The van der Waals surface area contributed by atoms with Gasteiger partial charge in [0, 0.05) is 23.7 Å². The predicted molar refractivity (Wildman–Crippen MR) is 115 cm³/mol. The van der Waals surface area contributed by atoms with Gasteiger partial charge in [-0.05, 0) is 35.9 Å². The topological polar surface area (TPSA) is 41.6 Å². The van der Waals surface area contributed by atoms with Gasteiger partial charge in [0.2, 0.25) is 5.91 Å². The van der Waals surface area contributed by atoms with E-state index >= 15 is 0 Å². The zero-order valence-electron chi connectivity index (χ0n) is 15.8. The Kier molecular flexibility index (Phi) is 6.93. The SMILES string of the molecule is COc1ccc(Cl)cc1NCCC(=O)N(Cc1ccccc1)c1ccccc1. The molecule has 0 radical (unpaired) electrons. The molecular formula is C23H23ClN2O2. The van der Waals surface area contributed by atoms with Crippen molar-refractivity contribution in [1.82, 2.24) is 0 Å². The molecule has 0 aliphatic rings. The molecule has 1 N–H and O–H groups in total. The number of halogens is 1. The summed E-state index contributed by atoms with van der Waals surface area (Å²) in [6, 6.07) is 25.1. The average Bonchev–Trinajstić information content (AvgIpc) is 2.73. The van der Waals surface area contributed by atoms with Crippen LogP contribution in [0.5, 0.6) is 5.75 Å². The Hall–Kier alpha value is -2.98.